The molecular formula is C66H103NO8. The molecule has 0 aliphatic carbocycles. The van der Waals surface area contributed by atoms with Crippen molar-refractivity contribution < 1.29 is 42.9 Å². The lowest BCUT2D eigenvalue weighted by Gasteiger charge is -2.26. The number of allylic oxidation sites excluding steroid dienone is 26. The molecule has 0 fully saturated rings. The minimum absolute atomic E-state index is 0.128. The Hall–Kier alpha value is -5.09. The van der Waals surface area contributed by atoms with E-state index in [1.165, 1.54) is 0 Å². The van der Waals surface area contributed by atoms with Crippen LogP contribution in [-0.2, 0) is 33.3 Å². The van der Waals surface area contributed by atoms with Crippen molar-refractivity contribution in [2.24, 2.45) is 0 Å². The number of carboxylic acids is 1. The molecular weight excluding hydrogens is 935 g/mol. The molecule has 9 heteroatoms. The van der Waals surface area contributed by atoms with Crippen molar-refractivity contribution >= 4 is 17.9 Å². The largest absolute Gasteiger partial charge is 0.545 e. The molecule has 420 valence electrons. The third-order valence-electron chi connectivity index (χ3n) is 11.3. The van der Waals surface area contributed by atoms with Gasteiger partial charge in [-0.3, -0.25) is 9.59 Å². The van der Waals surface area contributed by atoms with Gasteiger partial charge >= 0.3 is 11.9 Å². The number of carbonyl (C=O) groups is 3. The van der Waals surface area contributed by atoms with Gasteiger partial charge in [0.15, 0.2) is 12.4 Å². The molecule has 75 heavy (non-hydrogen) atoms. The third kappa shape index (κ3) is 56.5. The molecule has 0 heterocycles. The van der Waals surface area contributed by atoms with Gasteiger partial charge in [0, 0.05) is 12.8 Å². The minimum atomic E-state index is -1.65. The summed E-state index contributed by atoms with van der Waals surface area (Å²) >= 11 is 0. The second-order valence-corrected chi connectivity index (χ2v) is 19.5. The molecule has 0 radical (unpaired) electrons. The van der Waals surface area contributed by atoms with Gasteiger partial charge in [-0.25, -0.2) is 0 Å². The van der Waals surface area contributed by atoms with Crippen LogP contribution in [0.15, 0.2) is 158 Å². The van der Waals surface area contributed by atoms with Crippen LogP contribution in [0.5, 0.6) is 0 Å². The van der Waals surface area contributed by atoms with Crippen molar-refractivity contribution in [3.8, 4) is 0 Å². The molecule has 2 atom stereocenters. The molecule has 0 aliphatic heterocycles. The Balaban J connectivity index is 4.43. The minimum Gasteiger partial charge on any atom is -0.545 e. The fourth-order valence-electron chi connectivity index (χ4n) is 6.93. The van der Waals surface area contributed by atoms with Gasteiger partial charge in [0.2, 0.25) is 0 Å². The first-order chi connectivity index (χ1) is 36.6. The van der Waals surface area contributed by atoms with E-state index in [0.29, 0.717) is 23.9 Å². The van der Waals surface area contributed by atoms with Crippen LogP contribution >= 0.6 is 0 Å². The maximum absolute atomic E-state index is 12.9. The lowest BCUT2D eigenvalue weighted by atomic mass is 10.1. The van der Waals surface area contributed by atoms with E-state index in [9.17, 15) is 19.5 Å². The van der Waals surface area contributed by atoms with E-state index in [0.717, 1.165) is 141 Å². The molecule has 2 unspecified atom stereocenters. The molecule has 0 rings (SSSR count). The summed E-state index contributed by atoms with van der Waals surface area (Å²) in [5, 5.41) is 11.8. The van der Waals surface area contributed by atoms with Gasteiger partial charge in [-0.15, -0.1) is 0 Å². The third-order valence-corrected chi connectivity index (χ3v) is 11.3. The average molecular weight is 1040 g/mol. The topological polar surface area (TPSA) is 111 Å². The Morgan fingerprint density at radius 2 is 0.720 bits per heavy atom. The predicted molar refractivity (Wildman–Crippen MR) is 315 cm³/mol. The summed E-state index contributed by atoms with van der Waals surface area (Å²) in [5.41, 5.74) is 0. The first-order valence-corrected chi connectivity index (χ1v) is 28.6. The van der Waals surface area contributed by atoms with E-state index in [1.54, 1.807) is 0 Å². The Kier molecular flexibility index (Phi) is 51.4. The molecule has 0 aliphatic rings. The second kappa shape index (κ2) is 55.2. The maximum atomic E-state index is 12.9. The van der Waals surface area contributed by atoms with Crippen LogP contribution < -0.4 is 5.11 Å². The Morgan fingerprint density at radius 1 is 0.400 bits per heavy atom. The molecule has 0 aromatic rings. The van der Waals surface area contributed by atoms with Gasteiger partial charge in [-0.1, -0.05) is 204 Å². The number of hydrogen-bond donors (Lipinski definition) is 0. The summed E-state index contributed by atoms with van der Waals surface area (Å²) in [4.78, 5) is 37.3. The molecule has 0 bridgehead atoms. The molecule has 0 saturated carbocycles. The van der Waals surface area contributed by atoms with Crippen LogP contribution in [0.1, 0.15) is 181 Å². The number of carbonyl (C=O) groups excluding carboxylic acids is 3. The number of rotatable bonds is 50. The summed E-state index contributed by atoms with van der Waals surface area (Å²) in [6.45, 7) is 4.43. The van der Waals surface area contributed by atoms with Crippen LogP contribution in [0.3, 0.4) is 0 Å². The highest BCUT2D eigenvalue weighted by Gasteiger charge is 2.22. The number of hydrogen-bond acceptors (Lipinski definition) is 8. The highest BCUT2D eigenvalue weighted by Crippen LogP contribution is 2.12. The second-order valence-electron chi connectivity index (χ2n) is 19.5. The Labute approximate surface area is 457 Å². The summed E-state index contributed by atoms with van der Waals surface area (Å²) in [6.07, 6.45) is 78.5. The summed E-state index contributed by atoms with van der Waals surface area (Å²) in [7, 11) is 5.89. The summed E-state index contributed by atoms with van der Waals surface area (Å²) < 4.78 is 22.6. The summed E-state index contributed by atoms with van der Waals surface area (Å²) in [5.74, 6) is -2.37. The van der Waals surface area contributed by atoms with E-state index in [-0.39, 0.29) is 32.7 Å². The number of quaternary nitrogens is 1. The SMILES string of the molecule is CC/C=C\C/C=C\C/C=C\C/C=C\C/C=C\C/C=C\C/C=C\CCCCCC(=O)OC(COC(=O)CCCCCCCC/C=C\C/C=C\C/C=C\C/C=C\C/C=C\C/C=C\CC)COC(OCC[N+](C)(C)C)C(=O)[O-]. The standard InChI is InChI=1S/C66H103NO8/c1-6-8-10-12-14-16-18-20-22-24-26-28-30-32-34-36-38-40-42-44-46-48-50-52-54-56-63(68)73-60-62(61-74-66(65(70)71)72-59-58-67(3,4)5)75-64(69)57-55-53-51-49-47-45-43-41-39-37-35-33-31-29-27-25-23-21-19-17-15-13-11-9-7-2/h8-11,14-17,20-23,26-29,32-35,38-41,45,47,62,66H,6-7,12-13,18-19,24-25,30-31,36-37,42-44,46,48-61H2,1-5H3/b10-8-,11-9-,16-14-,17-15-,22-20-,23-21-,28-26-,29-27-,34-32-,35-33-,40-38-,41-39-,47-45-. The number of esters is 2. The highest BCUT2D eigenvalue weighted by atomic mass is 16.7. The molecule has 0 aromatic heterocycles. The van der Waals surface area contributed by atoms with Gasteiger partial charge in [-0.05, 0) is 122 Å². The first kappa shape index (κ1) is 69.9. The fraction of sp³-hybridized carbons (Fsp3) is 0.561. The maximum Gasteiger partial charge on any atom is 0.306 e. The number of ether oxygens (including phenoxy) is 4. The zero-order valence-electron chi connectivity index (χ0n) is 47.6. The fourth-order valence-corrected chi connectivity index (χ4v) is 6.93. The van der Waals surface area contributed by atoms with Crippen molar-refractivity contribution in [3.63, 3.8) is 0 Å². The number of carboxylic acid groups (broad SMARTS) is 1. The summed E-state index contributed by atoms with van der Waals surface area (Å²) in [6, 6.07) is 0. The normalized spacial score (nSPS) is 14.0. The Morgan fingerprint density at radius 3 is 1.08 bits per heavy atom. The number of aliphatic carboxylic acids is 1. The van der Waals surface area contributed by atoms with Crippen molar-refractivity contribution in [3.05, 3.63) is 158 Å². The molecule has 9 nitrogen and oxygen atoms in total. The first-order valence-electron chi connectivity index (χ1n) is 28.6. The van der Waals surface area contributed by atoms with E-state index in [4.69, 9.17) is 18.9 Å². The zero-order chi connectivity index (χ0) is 54.8. The van der Waals surface area contributed by atoms with Gasteiger partial charge in [-0.2, -0.15) is 0 Å². The van der Waals surface area contributed by atoms with E-state index >= 15 is 0 Å². The number of likely N-dealkylation sites (N-methyl/N-ethyl adjacent to an activating group) is 1. The lowest BCUT2D eigenvalue weighted by Crippen LogP contribution is -2.44. The molecule has 0 aromatic carbocycles. The van der Waals surface area contributed by atoms with Crippen molar-refractivity contribution in [2.75, 3.05) is 47.5 Å². The molecule has 0 amide bonds. The van der Waals surface area contributed by atoms with Crippen LogP contribution in [0, 0.1) is 0 Å². The van der Waals surface area contributed by atoms with Crippen molar-refractivity contribution in [2.45, 2.75) is 193 Å². The molecule has 0 N–H and O–H groups in total. The van der Waals surface area contributed by atoms with Crippen LogP contribution in [0.25, 0.3) is 0 Å². The van der Waals surface area contributed by atoms with E-state index in [2.05, 4.69) is 172 Å². The average Bonchev–Trinajstić information content (AvgIpc) is 3.38. The van der Waals surface area contributed by atoms with Crippen molar-refractivity contribution in [1.82, 2.24) is 0 Å². The van der Waals surface area contributed by atoms with Gasteiger partial charge in [0.25, 0.3) is 0 Å². The lowest BCUT2D eigenvalue weighted by molar-refractivity contribution is -0.870. The van der Waals surface area contributed by atoms with Crippen LogP contribution in [0.2, 0.25) is 0 Å². The molecule has 0 saturated heterocycles. The Bertz CT molecular complexity index is 1780. The van der Waals surface area contributed by atoms with Gasteiger partial charge in [0.05, 0.1) is 40.3 Å². The smallest absolute Gasteiger partial charge is 0.306 e. The van der Waals surface area contributed by atoms with Gasteiger partial charge in [0.1, 0.15) is 13.2 Å². The quantitative estimate of drug-likeness (QED) is 0.0195. The van der Waals surface area contributed by atoms with Crippen LogP contribution in [0.4, 0.5) is 0 Å². The highest BCUT2D eigenvalue weighted by molar-refractivity contribution is 5.70. The zero-order valence-corrected chi connectivity index (χ0v) is 47.6. The molecule has 0 spiro atoms. The van der Waals surface area contributed by atoms with Crippen molar-refractivity contribution in [1.29, 1.82) is 0 Å². The van der Waals surface area contributed by atoms with E-state index < -0.39 is 30.3 Å². The van der Waals surface area contributed by atoms with Crippen LogP contribution in [-0.4, -0.2) is 82.3 Å². The van der Waals surface area contributed by atoms with Gasteiger partial charge < -0.3 is 33.3 Å². The number of nitrogens with zero attached hydrogens (tertiary/aromatic N) is 1. The number of unbranched alkanes of at least 4 members (excludes halogenated alkanes) is 9. The monoisotopic (exact) mass is 1040 g/mol. The van der Waals surface area contributed by atoms with E-state index in [1.807, 2.05) is 21.1 Å². The predicted octanol–water partition coefficient (Wildman–Crippen LogP) is 15.7.